The molecule has 0 bridgehead atoms. The molecule has 0 atom stereocenters. The Morgan fingerprint density at radius 3 is 2.48 bits per heavy atom. The van der Waals surface area contributed by atoms with Crippen molar-refractivity contribution in [3.8, 4) is 10.4 Å². The summed E-state index contributed by atoms with van der Waals surface area (Å²) >= 11 is 1.44. The highest BCUT2D eigenvalue weighted by Crippen LogP contribution is 2.48. The van der Waals surface area contributed by atoms with Gasteiger partial charge >= 0.3 is 6.09 Å². The number of sulfonamides is 1. The largest absolute Gasteiger partial charge is 0.444 e. The minimum Gasteiger partial charge on any atom is -0.444 e. The monoisotopic (exact) mass is 456 g/mol. The van der Waals surface area contributed by atoms with Gasteiger partial charge in [0.15, 0.2) is 0 Å². The van der Waals surface area contributed by atoms with Gasteiger partial charge in [-0.05, 0) is 62.9 Å². The maximum atomic E-state index is 13.4. The molecular formula is C23H24N2O4S2. The topological polar surface area (TPSA) is 75.7 Å². The smallest absolute Gasteiger partial charge is 0.412 e. The number of anilines is 2. The Morgan fingerprint density at radius 2 is 1.81 bits per heavy atom. The van der Waals surface area contributed by atoms with E-state index in [1.54, 1.807) is 63.2 Å². The number of nitrogens with one attached hydrogen (secondary N) is 1. The summed E-state index contributed by atoms with van der Waals surface area (Å²) in [5.41, 5.74) is 3.23. The molecule has 0 saturated heterocycles. The van der Waals surface area contributed by atoms with Crippen LogP contribution in [0.15, 0.2) is 58.8 Å². The number of carbonyl (C=O) groups is 1. The molecule has 0 aliphatic carbocycles. The third kappa shape index (κ3) is 4.18. The van der Waals surface area contributed by atoms with Crippen molar-refractivity contribution in [3.05, 3.63) is 65.0 Å². The molecule has 0 radical (unpaired) electrons. The van der Waals surface area contributed by atoms with E-state index in [4.69, 9.17) is 4.74 Å². The zero-order valence-electron chi connectivity index (χ0n) is 17.8. The van der Waals surface area contributed by atoms with E-state index in [0.29, 0.717) is 11.4 Å². The molecule has 0 unspecified atom stereocenters. The summed E-state index contributed by atoms with van der Waals surface area (Å²) in [4.78, 5) is 13.4. The summed E-state index contributed by atoms with van der Waals surface area (Å²) in [5, 5.41) is 4.69. The number of aryl methyl sites for hydroxylation is 1. The van der Waals surface area contributed by atoms with Crippen LogP contribution >= 0.6 is 11.3 Å². The van der Waals surface area contributed by atoms with E-state index in [0.717, 1.165) is 21.6 Å². The minimum absolute atomic E-state index is 0.180. The molecule has 6 nitrogen and oxygen atoms in total. The highest BCUT2D eigenvalue weighted by molar-refractivity contribution is 7.92. The molecule has 1 aliphatic heterocycles. The van der Waals surface area contributed by atoms with Crippen LogP contribution in [-0.2, 0) is 21.3 Å². The molecule has 162 valence electrons. The van der Waals surface area contributed by atoms with Crippen LogP contribution < -0.4 is 9.62 Å². The number of fused-ring (bicyclic) bond motifs is 3. The summed E-state index contributed by atoms with van der Waals surface area (Å²) in [6, 6.07) is 14.1. The third-order valence-corrected chi connectivity index (χ3v) is 7.54. The molecule has 1 N–H and O–H groups in total. The highest BCUT2D eigenvalue weighted by atomic mass is 32.2. The lowest BCUT2D eigenvalue weighted by atomic mass is 9.99. The predicted molar refractivity (Wildman–Crippen MR) is 124 cm³/mol. The highest BCUT2D eigenvalue weighted by Gasteiger charge is 2.34. The number of thiophene rings is 1. The maximum absolute atomic E-state index is 13.4. The van der Waals surface area contributed by atoms with Crippen LogP contribution in [0.1, 0.15) is 31.9 Å². The maximum Gasteiger partial charge on any atom is 0.412 e. The van der Waals surface area contributed by atoms with Crippen molar-refractivity contribution in [2.24, 2.45) is 0 Å². The third-order valence-electron chi connectivity index (χ3n) is 4.85. The van der Waals surface area contributed by atoms with Gasteiger partial charge in [-0.25, -0.2) is 13.2 Å². The summed E-state index contributed by atoms with van der Waals surface area (Å²) in [6.07, 6.45) is -0.547. The lowest BCUT2D eigenvalue weighted by Gasteiger charge is -2.31. The Morgan fingerprint density at radius 1 is 1.10 bits per heavy atom. The van der Waals surface area contributed by atoms with Crippen LogP contribution in [-0.4, -0.2) is 20.1 Å². The quantitative estimate of drug-likeness (QED) is 0.542. The molecule has 1 aliphatic rings. The number of ether oxygens (including phenoxy) is 1. The molecule has 2 heterocycles. The van der Waals surface area contributed by atoms with Crippen molar-refractivity contribution >= 4 is 38.8 Å². The van der Waals surface area contributed by atoms with E-state index in [-0.39, 0.29) is 11.4 Å². The molecule has 1 aromatic heterocycles. The molecule has 3 aromatic rings. The second-order valence-electron chi connectivity index (χ2n) is 8.43. The van der Waals surface area contributed by atoms with Crippen molar-refractivity contribution in [2.45, 2.75) is 44.7 Å². The molecule has 31 heavy (non-hydrogen) atoms. The SMILES string of the molecule is Cc1ccc(S(=O)(=O)N2Cc3cccc(NC(=O)OC(C)(C)C)c3-c3sccc32)cc1. The van der Waals surface area contributed by atoms with Gasteiger partial charge in [0.25, 0.3) is 10.0 Å². The number of amides is 1. The van der Waals surface area contributed by atoms with Gasteiger partial charge in [0.05, 0.1) is 27.7 Å². The fourth-order valence-corrected chi connectivity index (χ4v) is 6.00. The lowest BCUT2D eigenvalue weighted by Crippen LogP contribution is -2.33. The number of benzene rings is 2. The van der Waals surface area contributed by atoms with Gasteiger partial charge in [0.1, 0.15) is 5.60 Å². The van der Waals surface area contributed by atoms with Gasteiger partial charge in [0, 0.05) is 5.56 Å². The minimum atomic E-state index is -3.74. The average molecular weight is 457 g/mol. The Balaban J connectivity index is 1.74. The number of rotatable bonds is 3. The van der Waals surface area contributed by atoms with Crippen LogP contribution in [0.25, 0.3) is 10.4 Å². The van der Waals surface area contributed by atoms with Crippen molar-refractivity contribution in [3.63, 3.8) is 0 Å². The molecule has 0 fully saturated rings. The van der Waals surface area contributed by atoms with Gasteiger partial charge in [-0.1, -0.05) is 29.8 Å². The van der Waals surface area contributed by atoms with Crippen LogP contribution in [0.5, 0.6) is 0 Å². The number of hydrogen-bond acceptors (Lipinski definition) is 5. The second-order valence-corrected chi connectivity index (χ2v) is 11.2. The van der Waals surface area contributed by atoms with Gasteiger partial charge < -0.3 is 4.74 Å². The van der Waals surface area contributed by atoms with Gasteiger partial charge in [-0.2, -0.15) is 0 Å². The Hall–Kier alpha value is -2.84. The summed E-state index contributed by atoms with van der Waals surface area (Å²) in [7, 11) is -3.74. The van der Waals surface area contributed by atoms with Crippen molar-refractivity contribution in [1.82, 2.24) is 0 Å². The average Bonchev–Trinajstić information content (AvgIpc) is 3.15. The van der Waals surface area contributed by atoms with Crippen LogP contribution in [0.3, 0.4) is 0 Å². The second kappa shape index (κ2) is 7.69. The van der Waals surface area contributed by atoms with Crippen LogP contribution in [0, 0.1) is 6.92 Å². The first-order valence-electron chi connectivity index (χ1n) is 9.85. The van der Waals surface area contributed by atoms with Crippen molar-refractivity contribution in [1.29, 1.82) is 0 Å². The number of carbonyl (C=O) groups excluding carboxylic acids is 1. The van der Waals surface area contributed by atoms with Crippen molar-refractivity contribution in [2.75, 3.05) is 9.62 Å². The number of hydrogen-bond donors (Lipinski definition) is 1. The van der Waals surface area contributed by atoms with Crippen LogP contribution in [0.4, 0.5) is 16.2 Å². The normalized spacial score (nSPS) is 13.4. The first-order chi connectivity index (χ1) is 14.6. The van der Waals surface area contributed by atoms with Gasteiger partial charge in [-0.15, -0.1) is 11.3 Å². The zero-order chi connectivity index (χ0) is 22.4. The van der Waals surface area contributed by atoms with Gasteiger partial charge in [-0.3, -0.25) is 9.62 Å². The zero-order valence-corrected chi connectivity index (χ0v) is 19.4. The first-order valence-corrected chi connectivity index (χ1v) is 12.2. The molecule has 0 spiro atoms. The van der Waals surface area contributed by atoms with Crippen LogP contribution in [0.2, 0.25) is 0 Å². The Labute approximate surface area is 186 Å². The summed E-state index contributed by atoms with van der Waals surface area (Å²) in [5.74, 6) is 0. The lowest BCUT2D eigenvalue weighted by molar-refractivity contribution is 0.0636. The summed E-state index contributed by atoms with van der Waals surface area (Å²) in [6.45, 7) is 7.51. The van der Waals surface area contributed by atoms with E-state index in [9.17, 15) is 13.2 Å². The van der Waals surface area contributed by atoms with E-state index in [1.807, 2.05) is 18.4 Å². The van der Waals surface area contributed by atoms with Gasteiger partial charge in [0.2, 0.25) is 0 Å². The van der Waals surface area contributed by atoms with E-state index >= 15 is 0 Å². The Kier molecular flexibility index (Phi) is 5.31. The molecule has 2 aromatic carbocycles. The molecule has 8 heteroatoms. The van der Waals surface area contributed by atoms with Crippen molar-refractivity contribution < 1.29 is 17.9 Å². The fraction of sp³-hybridized carbons (Fsp3) is 0.261. The Bertz CT molecular complexity index is 1240. The molecule has 4 rings (SSSR count). The standard InChI is InChI=1S/C23H24N2O4S2/c1-15-8-10-17(11-9-15)31(27,28)25-14-16-6-5-7-18(24-22(26)29-23(2,3)4)20(16)21-19(25)12-13-30-21/h5-13H,14H2,1-4H3,(H,24,26). The van der Waals surface area contributed by atoms with E-state index in [2.05, 4.69) is 5.32 Å². The van der Waals surface area contributed by atoms with E-state index in [1.165, 1.54) is 15.6 Å². The molecule has 1 amide bonds. The predicted octanol–water partition coefficient (Wildman–Crippen LogP) is 5.78. The number of nitrogens with zero attached hydrogens (tertiary/aromatic N) is 1. The van der Waals surface area contributed by atoms with E-state index < -0.39 is 21.7 Å². The first kappa shape index (κ1) is 21.4. The fourth-order valence-electron chi connectivity index (χ4n) is 3.50. The summed E-state index contributed by atoms with van der Waals surface area (Å²) < 4.78 is 33.7. The molecule has 0 saturated carbocycles. The molecular weight excluding hydrogens is 432 g/mol.